The van der Waals surface area contributed by atoms with Gasteiger partial charge in [0.05, 0.1) is 17.6 Å². The number of hydrogen-bond donors (Lipinski definition) is 3. The lowest BCUT2D eigenvalue weighted by Crippen LogP contribution is -2.21. The number of rotatable bonds is 4. The van der Waals surface area contributed by atoms with E-state index in [0.29, 0.717) is 23.4 Å². The molecule has 0 radical (unpaired) electrons. The Bertz CT molecular complexity index is 1490. The molecule has 0 bridgehead atoms. The van der Waals surface area contributed by atoms with E-state index in [0.717, 1.165) is 33.4 Å². The number of aliphatic carboxylic acids is 1. The highest BCUT2D eigenvalue weighted by molar-refractivity contribution is 5.96. The fourth-order valence-electron chi connectivity index (χ4n) is 3.38. The third kappa shape index (κ3) is 4.74. The molecule has 1 aromatic carbocycles. The van der Waals surface area contributed by atoms with Gasteiger partial charge in [0.15, 0.2) is 0 Å². The zero-order chi connectivity index (χ0) is 24.6. The normalized spacial score (nSPS) is 13.5. The van der Waals surface area contributed by atoms with E-state index in [4.69, 9.17) is 19.3 Å². The minimum atomic E-state index is -5.08. The molecule has 5 aromatic rings. The summed E-state index contributed by atoms with van der Waals surface area (Å²) in [7, 11) is 0. The molecule has 35 heavy (non-hydrogen) atoms. The lowest BCUT2D eigenvalue weighted by molar-refractivity contribution is -0.192. The SMILES string of the molecule is O=C(O)C(F)(F)F.c1cc(-c2nnc(-c3ccc4[nH]cc(-c5cncc(C6CC6)n5)c4c3)o2)[nH]n1. The maximum absolute atomic E-state index is 10.6. The number of hydrogen-bond acceptors (Lipinski definition) is 7. The Hall–Kier alpha value is -4.55. The number of nitrogens with zero attached hydrogens (tertiary/aromatic N) is 5. The molecule has 4 aromatic heterocycles. The molecule has 1 saturated carbocycles. The maximum Gasteiger partial charge on any atom is 0.490 e. The van der Waals surface area contributed by atoms with Crippen LogP contribution < -0.4 is 0 Å². The van der Waals surface area contributed by atoms with Crippen molar-refractivity contribution in [2.24, 2.45) is 0 Å². The van der Waals surface area contributed by atoms with Gasteiger partial charge in [-0.1, -0.05) is 0 Å². The first kappa shape index (κ1) is 22.3. The lowest BCUT2D eigenvalue weighted by Gasteiger charge is -2.03. The molecule has 0 atom stereocenters. The number of carboxylic acids is 1. The molecule has 13 heteroatoms. The smallest absolute Gasteiger partial charge is 0.475 e. The highest BCUT2D eigenvalue weighted by Crippen LogP contribution is 2.39. The summed E-state index contributed by atoms with van der Waals surface area (Å²) in [6.45, 7) is 0. The molecular weight excluding hydrogens is 467 g/mol. The summed E-state index contributed by atoms with van der Waals surface area (Å²) in [6, 6.07) is 7.79. The van der Waals surface area contributed by atoms with Crippen LogP contribution in [-0.2, 0) is 4.79 Å². The van der Waals surface area contributed by atoms with Gasteiger partial charge in [-0.2, -0.15) is 18.3 Å². The average molecular weight is 483 g/mol. The summed E-state index contributed by atoms with van der Waals surface area (Å²) in [6.07, 6.45) is 4.62. The van der Waals surface area contributed by atoms with E-state index in [2.05, 4.69) is 30.4 Å². The molecule has 0 amide bonds. The first-order chi connectivity index (χ1) is 16.8. The number of halogens is 3. The minimum Gasteiger partial charge on any atom is -0.475 e. The first-order valence-corrected chi connectivity index (χ1v) is 10.4. The fraction of sp³-hybridized carbons (Fsp3) is 0.182. The zero-order valence-corrected chi connectivity index (χ0v) is 17.7. The van der Waals surface area contributed by atoms with Crippen molar-refractivity contribution in [2.45, 2.75) is 24.9 Å². The van der Waals surface area contributed by atoms with Crippen LogP contribution in [0.3, 0.4) is 0 Å². The van der Waals surface area contributed by atoms with E-state index in [-0.39, 0.29) is 0 Å². The van der Waals surface area contributed by atoms with Gasteiger partial charge in [-0.3, -0.25) is 10.1 Å². The van der Waals surface area contributed by atoms with Gasteiger partial charge in [0.25, 0.3) is 5.89 Å². The molecule has 6 rings (SSSR count). The summed E-state index contributed by atoms with van der Waals surface area (Å²) in [4.78, 5) is 21.4. The van der Waals surface area contributed by atoms with Crippen molar-refractivity contribution >= 4 is 16.9 Å². The van der Waals surface area contributed by atoms with Crippen LogP contribution in [0.4, 0.5) is 13.2 Å². The second-order valence-electron chi connectivity index (χ2n) is 7.75. The topological polar surface area (TPSA) is 146 Å². The van der Waals surface area contributed by atoms with Crippen LogP contribution in [0, 0.1) is 0 Å². The van der Waals surface area contributed by atoms with E-state index < -0.39 is 12.1 Å². The predicted molar refractivity (Wildman–Crippen MR) is 116 cm³/mol. The van der Waals surface area contributed by atoms with Crippen molar-refractivity contribution in [1.29, 1.82) is 0 Å². The standard InChI is InChI=1S/C20H15N7O.C2HF3O2/c1-2-11(1)17-9-21-10-18(24-17)14-8-22-15-4-3-12(7-13(14)15)19-26-27-20(28-19)16-5-6-23-25-16;3-2(4,5)1(6)7/h3-11,22H,1-2H2,(H,23,25);(H,6,7). The monoisotopic (exact) mass is 483 g/mol. The zero-order valence-electron chi connectivity index (χ0n) is 17.7. The van der Waals surface area contributed by atoms with Crippen molar-refractivity contribution < 1.29 is 27.5 Å². The number of benzene rings is 1. The quantitative estimate of drug-likeness (QED) is 0.337. The van der Waals surface area contributed by atoms with Crippen LogP contribution in [0.1, 0.15) is 24.5 Å². The summed E-state index contributed by atoms with van der Waals surface area (Å²) in [5.74, 6) is -1.33. The van der Waals surface area contributed by atoms with Crippen LogP contribution in [0.25, 0.3) is 45.2 Å². The predicted octanol–water partition coefficient (Wildman–Crippen LogP) is 4.58. The van der Waals surface area contributed by atoms with Gasteiger partial charge in [-0.05, 0) is 37.1 Å². The Morgan fingerprint density at radius 2 is 1.89 bits per heavy atom. The minimum absolute atomic E-state index is 0.407. The second kappa shape index (κ2) is 8.66. The molecule has 1 fully saturated rings. The van der Waals surface area contributed by atoms with Crippen molar-refractivity contribution in [1.82, 2.24) is 35.3 Å². The van der Waals surface area contributed by atoms with Gasteiger partial charge < -0.3 is 14.5 Å². The van der Waals surface area contributed by atoms with Gasteiger partial charge in [0.2, 0.25) is 5.89 Å². The molecule has 0 aliphatic heterocycles. The molecule has 0 saturated heterocycles. The van der Waals surface area contributed by atoms with Gasteiger partial charge >= 0.3 is 12.1 Å². The number of aromatic nitrogens is 7. The maximum atomic E-state index is 10.6. The Morgan fingerprint density at radius 3 is 2.57 bits per heavy atom. The number of fused-ring (bicyclic) bond motifs is 1. The van der Waals surface area contributed by atoms with Crippen molar-refractivity contribution in [3.05, 3.63) is 54.7 Å². The van der Waals surface area contributed by atoms with Crippen molar-refractivity contribution in [3.63, 3.8) is 0 Å². The summed E-state index contributed by atoms with van der Waals surface area (Å²) in [5.41, 5.74) is 5.51. The molecule has 1 aliphatic rings. The van der Waals surface area contributed by atoms with Crippen molar-refractivity contribution in [3.8, 4) is 34.3 Å². The number of nitrogens with one attached hydrogen (secondary N) is 2. The van der Waals surface area contributed by atoms with Crippen LogP contribution >= 0.6 is 0 Å². The lowest BCUT2D eigenvalue weighted by atomic mass is 10.1. The Labute approximate surface area is 194 Å². The highest BCUT2D eigenvalue weighted by atomic mass is 19.4. The molecular formula is C22H16F3N7O3. The van der Waals surface area contributed by atoms with E-state index in [1.165, 1.54) is 12.8 Å². The number of carboxylic acid groups (broad SMARTS) is 1. The van der Waals surface area contributed by atoms with E-state index in [1.807, 2.05) is 36.8 Å². The first-order valence-electron chi connectivity index (χ1n) is 10.4. The molecule has 1 aliphatic carbocycles. The molecule has 10 nitrogen and oxygen atoms in total. The number of aromatic amines is 2. The fourth-order valence-corrected chi connectivity index (χ4v) is 3.38. The highest BCUT2D eigenvalue weighted by Gasteiger charge is 2.38. The average Bonchev–Trinajstić information content (AvgIpc) is 3.22. The Morgan fingerprint density at radius 1 is 1.11 bits per heavy atom. The van der Waals surface area contributed by atoms with Crippen molar-refractivity contribution in [2.75, 3.05) is 0 Å². The third-order valence-corrected chi connectivity index (χ3v) is 5.25. The summed E-state index contributed by atoms with van der Waals surface area (Å²) in [5, 5.41) is 23.2. The summed E-state index contributed by atoms with van der Waals surface area (Å²) >= 11 is 0. The van der Waals surface area contributed by atoms with E-state index >= 15 is 0 Å². The van der Waals surface area contributed by atoms with Crippen LogP contribution in [-0.4, -0.2) is 52.6 Å². The third-order valence-electron chi connectivity index (χ3n) is 5.25. The van der Waals surface area contributed by atoms with Gasteiger partial charge in [-0.15, -0.1) is 10.2 Å². The number of H-pyrrole nitrogens is 2. The second-order valence-corrected chi connectivity index (χ2v) is 7.75. The van der Waals surface area contributed by atoms with Crippen LogP contribution in [0.2, 0.25) is 0 Å². The molecule has 4 heterocycles. The number of carbonyl (C=O) groups is 1. The Kier molecular flexibility index (Phi) is 5.51. The van der Waals surface area contributed by atoms with Crippen LogP contribution in [0.5, 0.6) is 0 Å². The largest absolute Gasteiger partial charge is 0.490 e. The van der Waals surface area contributed by atoms with Crippen LogP contribution in [0.15, 0.2) is 53.5 Å². The number of alkyl halides is 3. The van der Waals surface area contributed by atoms with E-state index in [1.54, 1.807) is 12.3 Å². The van der Waals surface area contributed by atoms with Gasteiger partial charge in [0, 0.05) is 46.5 Å². The molecule has 0 unspecified atom stereocenters. The molecule has 0 spiro atoms. The Balaban J connectivity index is 0.000000320. The van der Waals surface area contributed by atoms with Gasteiger partial charge in [0.1, 0.15) is 5.69 Å². The summed E-state index contributed by atoms with van der Waals surface area (Å²) < 4.78 is 37.5. The van der Waals surface area contributed by atoms with E-state index in [9.17, 15) is 13.2 Å². The molecule has 178 valence electrons. The molecule has 3 N–H and O–H groups in total. The van der Waals surface area contributed by atoms with Gasteiger partial charge in [-0.25, -0.2) is 9.78 Å².